The summed E-state index contributed by atoms with van der Waals surface area (Å²) in [7, 11) is -1.87. The van der Waals surface area contributed by atoms with Crippen LogP contribution < -0.4 is 0 Å². The van der Waals surface area contributed by atoms with Crippen LogP contribution in [0.1, 0.15) is 12.0 Å². The van der Waals surface area contributed by atoms with Gasteiger partial charge >= 0.3 is 0 Å². The van der Waals surface area contributed by atoms with Crippen LogP contribution in [-0.2, 0) is 14.8 Å². The summed E-state index contributed by atoms with van der Waals surface area (Å²) in [5, 5.41) is 0.471. The molecule has 4 nitrogen and oxygen atoms in total. The van der Waals surface area contributed by atoms with Crippen molar-refractivity contribution in [3.05, 3.63) is 28.8 Å². The zero-order valence-corrected chi connectivity index (χ0v) is 12.7. The lowest BCUT2D eigenvalue weighted by molar-refractivity contribution is 0.182. The number of benzene rings is 1. The predicted molar refractivity (Wildman–Crippen MR) is 74.9 cm³/mol. The van der Waals surface area contributed by atoms with Crippen LogP contribution in [0.15, 0.2) is 23.1 Å². The number of ether oxygens (including phenoxy) is 1. The summed E-state index contributed by atoms with van der Waals surface area (Å²) in [6.45, 7) is 3.68. The molecule has 0 amide bonds. The molecule has 1 unspecified atom stereocenters. The molecule has 1 saturated heterocycles. The van der Waals surface area contributed by atoms with E-state index >= 15 is 0 Å². The number of hydrogen-bond acceptors (Lipinski definition) is 3. The molecule has 0 spiro atoms. The minimum atomic E-state index is -3.47. The highest BCUT2D eigenvalue weighted by Gasteiger charge is 2.26. The fraction of sp³-hybridized carbons (Fsp3) is 0.538. The van der Waals surface area contributed by atoms with Crippen molar-refractivity contribution in [2.45, 2.75) is 18.2 Å². The van der Waals surface area contributed by atoms with Gasteiger partial charge in [0.05, 0.1) is 11.5 Å². The molecule has 1 atom stereocenters. The summed E-state index contributed by atoms with van der Waals surface area (Å²) in [5.74, 6) is 0.278. The monoisotopic (exact) mass is 303 g/mol. The number of aryl methyl sites for hydroxylation is 1. The van der Waals surface area contributed by atoms with Gasteiger partial charge in [-0.2, -0.15) is 0 Å². The molecule has 0 N–H and O–H groups in total. The van der Waals surface area contributed by atoms with Crippen LogP contribution in [0.3, 0.4) is 0 Å². The van der Waals surface area contributed by atoms with E-state index in [1.807, 2.05) is 6.92 Å². The molecular formula is C13H18ClNO3S. The number of rotatable bonds is 4. The zero-order valence-electron chi connectivity index (χ0n) is 11.1. The van der Waals surface area contributed by atoms with Crippen molar-refractivity contribution < 1.29 is 13.2 Å². The number of hydrogen-bond donors (Lipinski definition) is 0. The molecule has 0 aliphatic carbocycles. The van der Waals surface area contributed by atoms with Crippen molar-refractivity contribution in [2.24, 2.45) is 5.92 Å². The Hall–Kier alpha value is -0.620. The van der Waals surface area contributed by atoms with Gasteiger partial charge in [-0.1, -0.05) is 17.7 Å². The van der Waals surface area contributed by atoms with E-state index in [0.29, 0.717) is 18.2 Å². The van der Waals surface area contributed by atoms with Crippen LogP contribution in [0.5, 0.6) is 0 Å². The van der Waals surface area contributed by atoms with Crippen LogP contribution in [0, 0.1) is 12.8 Å². The number of nitrogens with zero attached hydrogens (tertiary/aromatic N) is 1. The molecule has 1 aliphatic heterocycles. The number of sulfonamides is 1. The van der Waals surface area contributed by atoms with Gasteiger partial charge in [0.2, 0.25) is 10.0 Å². The Labute approximate surface area is 119 Å². The van der Waals surface area contributed by atoms with Crippen LogP contribution in [0.4, 0.5) is 0 Å². The van der Waals surface area contributed by atoms with Crippen LogP contribution in [0.2, 0.25) is 5.02 Å². The summed E-state index contributed by atoms with van der Waals surface area (Å²) in [6.07, 6.45) is 0.911. The van der Waals surface area contributed by atoms with E-state index in [0.717, 1.165) is 18.6 Å². The van der Waals surface area contributed by atoms with Gasteiger partial charge in [0, 0.05) is 25.2 Å². The van der Waals surface area contributed by atoms with E-state index in [-0.39, 0.29) is 10.8 Å². The standard InChI is InChI=1S/C13H18ClNO3S/c1-10-3-4-12(7-13(10)14)19(16,17)15(2)8-11-5-6-18-9-11/h3-4,7,11H,5-6,8-9H2,1-2H3. The van der Waals surface area contributed by atoms with Crippen molar-refractivity contribution in [2.75, 3.05) is 26.8 Å². The minimum Gasteiger partial charge on any atom is -0.381 e. The van der Waals surface area contributed by atoms with Gasteiger partial charge < -0.3 is 4.74 Å². The van der Waals surface area contributed by atoms with E-state index in [2.05, 4.69) is 0 Å². The molecule has 6 heteroatoms. The SMILES string of the molecule is Cc1ccc(S(=O)(=O)N(C)CC2CCOC2)cc1Cl. The van der Waals surface area contributed by atoms with Gasteiger partial charge in [0.1, 0.15) is 0 Å². The van der Waals surface area contributed by atoms with E-state index in [9.17, 15) is 8.42 Å². The lowest BCUT2D eigenvalue weighted by atomic mass is 10.1. The molecule has 1 aliphatic rings. The Morgan fingerprint density at radius 3 is 2.79 bits per heavy atom. The lowest BCUT2D eigenvalue weighted by Gasteiger charge is -2.20. The first-order valence-electron chi connectivity index (χ1n) is 6.21. The van der Waals surface area contributed by atoms with Gasteiger partial charge in [-0.05, 0) is 37.0 Å². The maximum atomic E-state index is 12.4. The zero-order chi connectivity index (χ0) is 14.0. The fourth-order valence-corrected chi connectivity index (χ4v) is 3.62. The molecule has 1 aromatic carbocycles. The van der Waals surface area contributed by atoms with Crippen molar-refractivity contribution in [1.82, 2.24) is 4.31 Å². The molecular weight excluding hydrogens is 286 g/mol. The third kappa shape index (κ3) is 3.28. The highest BCUT2D eigenvalue weighted by Crippen LogP contribution is 2.23. The summed E-state index contributed by atoms with van der Waals surface area (Å²) >= 11 is 5.99. The van der Waals surface area contributed by atoms with Gasteiger partial charge in [-0.3, -0.25) is 0 Å². The van der Waals surface area contributed by atoms with E-state index < -0.39 is 10.0 Å². The molecule has 0 aromatic heterocycles. The van der Waals surface area contributed by atoms with E-state index in [4.69, 9.17) is 16.3 Å². The second-order valence-corrected chi connectivity index (χ2v) is 7.38. The van der Waals surface area contributed by atoms with Crippen molar-refractivity contribution >= 4 is 21.6 Å². The maximum Gasteiger partial charge on any atom is 0.242 e. The van der Waals surface area contributed by atoms with Crippen LogP contribution in [-0.4, -0.2) is 39.5 Å². The van der Waals surface area contributed by atoms with Gasteiger partial charge in [0.25, 0.3) is 0 Å². The molecule has 1 heterocycles. The Morgan fingerprint density at radius 2 is 2.21 bits per heavy atom. The number of halogens is 1. The largest absolute Gasteiger partial charge is 0.381 e. The highest BCUT2D eigenvalue weighted by molar-refractivity contribution is 7.89. The second kappa shape index (κ2) is 5.79. The van der Waals surface area contributed by atoms with E-state index in [1.54, 1.807) is 19.2 Å². The van der Waals surface area contributed by atoms with Crippen LogP contribution >= 0.6 is 11.6 Å². The first-order chi connectivity index (χ1) is 8.91. The normalized spacial score (nSPS) is 20.1. The average Bonchev–Trinajstić information content (AvgIpc) is 2.85. The van der Waals surface area contributed by atoms with Crippen molar-refractivity contribution in [3.63, 3.8) is 0 Å². The molecule has 0 saturated carbocycles. The summed E-state index contributed by atoms with van der Waals surface area (Å²) in [4.78, 5) is 0.240. The summed E-state index contributed by atoms with van der Waals surface area (Å²) in [6, 6.07) is 4.83. The quantitative estimate of drug-likeness (QED) is 0.857. The smallest absolute Gasteiger partial charge is 0.242 e. The van der Waals surface area contributed by atoms with Gasteiger partial charge in [-0.25, -0.2) is 12.7 Å². The Balaban J connectivity index is 2.18. The van der Waals surface area contributed by atoms with Crippen molar-refractivity contribution in [1.29, 1.82) is 0 Å². The lowest BCUT2D eigenvalue weighted by Crippen LogP contribution is -2.32. The fourth-order valence-electron chi connectivity index (χ4n) is 2.10. The molecule has 106 valence electrons. The summed E-state index contributed by atoms with van der Waals surface area (Å²) in [5.41, 5.74) is 0.868. The first-order valence-corrected chi connectivity index (χ1v) is 8.03. The molecule has 1 aromatic rings. The topological polar surface area (TPSA) is 46.6 Å². The third-order valence-electron chi connectivity index (χ3n) is 3.39. The Kier molecular flexibility index (Phi) is 4.50. The molecule has 2 rings (SSSR count). The molecule has 1 fully saturated rings. The maximum absolute atomic E-state index is 12.4. The van der Waals surface area contributed by atoms with Crippen molar-refractivity contribution in [3.8, 4) is 0 Å². The minimum absolute atomic E-state index is 0.240. The summed E-state index contributed by atoms with van der Waals surface area (Å²) < 4.78 is 31.5. The van der Waals surface area contributed by atoms with Crippen LogP contribution in [0.25, 0.3) is 0 Å². The molecule has 19 heavy (non-hydrogen) atoms. The van der Waals surface area contributed by atoms with E-state index in [1.165, 1.54) is 10.4 Å². The average molecular weight is 304 g/mol. The molecule has 0 radical (unpaired) electrons. The first kappa shape index (κ1) is 14.8. The predicted octanol–water partition coefficient (Wildman–Crippen LogP) is 2.31. The third-order valence-corrected chi connectivity index (χ3v) is 5.62. The van der Waals surface area contributed by atoms with Gasteiger partial charge in [-0.15, -0.1) is 0 Å². The molecule has 0 bridgehead atoms. The second-order valence-electron chi connectivity index (χ2n) is 4.93. The Morgan fingerprint density at radius 1 is 1.47 bits per heavy atom. The Bertz CT molecular complexity index is 553. The highest BCUT2D eigenvalue weighted by atomic mass is 35.5. The van der Waals surface area contributed by atoms with Gasteiger partial charge in [0.15, 0.2) is 0 Å².